The van der Waals surface area contributed by atoms with Crippen molar-refractivity contribution in [1.29, 1.82) is 5.26 Å². The maximum Gasteiger partial charge on any atom is 0.350 e. The number of rotatable bonds is 4. The summed E-state index contributed by atoms with van der Waals surface area (Å²) in [5.74, 6) is -0.976. The van der Waals surface area contributed by atoms with E-state index in [1.807, 2.05) is 66.7 Å². The molecule has 4 heteroatoms. The molecule has 0 fully saturated rings. The van der Waals surface area contributed by atoms with Crippen LogP contribution in [0.1, 0.15) is 18.1 Å². The van der Waals surface area contributed by atoms with Crippen LogP contribution in [-0.2, 0) is 9.53 Å². The quantitative estimate of drug-likeness (QED) is 0.374. The van der Waals surface area contributed by atoms with Gasteiger partial charge in [-0.15, -0.1) is 0 Å². The second kappa shape index (κ2) is 7.54. The molecule has 0 aliphatic heterocycles. The van der Waals surface area contributed by atoms with Gasteiger partial charge in [0.15, 0.2) is 0 Å². The highest BCUT2D eigenvalue weighted by molar-refractivity contribution is 7.17. The van der Waals surface area contributed by atoms with Crippen LogP contribution in [0.15, 0.2) is 66.2 Å². The van der Waals surface area contributed by atoms with E-state index in [0.717, 1.165) is 11.1 Å². The van der Waals surface area contributed by atoms with Gasteiger partial charge < -0.3 is 4.74 Å². The first-order valence-electron chi connectivity index (χ1n) is 6.85. The molecule has 0 spiro atoms. The molecule has 0 aliphatic rings. The molecule has 2 unspecified atom stereocenters. The highest BCUT2D eigenvalue weighted by Crippen LogP contribution is 2.27. The van der Waals surface area contributed by atoms with E-state index in [9.17, 15) is 10.1 Å². The number of hydrogen-bond donors (Lipinski definition) is 0. The third-order valence-corrected chi connectivity index (χ3v) is 3.12. The molecule has 110 valence electrons. The minimum absolute atomic E-state index is 0.00620. The number of esters is 1. The summed E-state index contributed by atoms with van der Waals surface area (Å²) in [7, 11) is 2.38. The monoisotopic (exact) mass is 309 g/mol. The molecule has 0 aliphatic carbocycles. The molecule has 2 rings (SSSR count). The van der Waals surface area contributed by atoms with E-state index in [1.54, 1.807) is 6.92 Å². The van der Waals surface area contributed by atoms with Crippen molar-refractivity contribution in [3.63, 3.8) is 0 Å². The maximum atomic E-state index is 12.3. The molecule has 3 nitrogen and oxygen atoms in total. The van der Waals surface area contributed by atoms with Crippen molar-refractivity contribution < 1.29 is 9.53 Å². The Morgan fingerprint density at radius 1 is 1.05 bits per heavy atom. The van der Waals surface area contributed by atoms with Gasteiger partial charge in [-0.25, -0.2) is 4.79 Å². The summed E-state index contributed by atoms with van der Waals surface area (Å²) in [6.45, 7) is 1.72. The fraction of sp³-hybridized carbons (Fsp3) is 0.111. The average molecular weight is 309 g/mol. The molecule has 0 amide bonds. The molecule has 0 aromatic heterocycles. The van der Waals surface area contributed by atoms with Gasteiger partial charge in [0.25, 0.3) is 0 Å². The van der Waals surface area contributed by atoms with E-state index < -0.39 is 5.97 Å². The van der Waals surface area contributed by atoms with Crippen molar-refractivity contribution in [2.24, 2.45) is 0 Å². The Morgan fingerprint density at radius 3 is 1.86 bits per heavy atom. The minimum atomic E-state index is -0.618. The van der Waals surface area contributed by atoms with Gasteiger partial charge in [-0.2, -0.15) is 5.26 Å². The second-order valence-electron chi connectivity index (χ2n) is 4.70. The van der Waals surface area contributed by atoms with E-state index in [0.29, 0.717) is 5.57 Å². The Labute approximate surface area is 132 Å². The molecular formula is C18H16NO2P. The first-order chi connectivity index (χ1) is 10.6. The number of nitriles is 1. The number of nitrogens with zero attached hydrogens (tertiary/aromatic N) is 1. The van der Waals surface area contributed by atoms with E-state index in [4.69, 9.17) is 4.74 Å². The molecule has 0 N–H and O–H groups in total. The summed E-state index contributed by atoms with van der Waals surface area (Å²) in [5.41, 5.74) is 2.20. The SMILES string of the molecule is CC(P)OC(=O)C(C#N)=C(c1ccccc1)c1ccccc1. The van der Waals surface area contributed by atoms with Crippen molar-refractivity contribution in [3.05, 3.63) is 77.4 Å². The van der Waals surface area contributed by atoms with Crippen LogP contribution in [0.2, 0.25) is 0 Å². The van der Waals surface area contributed by atoms with Crippen molar-refractivity contribution >= 4 is 20.8 Å². The molecule has 2 aromatic rings. The summed E-state index contributed by atoms with van der Waals surface area (Å²) >= 11 is 0. The van der Waals surface area contributed by atoms with Crippen LogP contribution in [0.4, 0.5) is 0 Å². The van der Waals surface area contributed by atoms with E-state index in [1.165, 1.54) is 0 Å². The summed E-state index contributed by atoms with van der Waals surface area (Å²) in [4.78, 5) is 12.3. The molecule has 2 atom stereocenters. The van der Waals surface area contributed by atoms with Crippen LogP contribution in [0, 0.1) is 11.3 Å². The smallest absolute Gasteiger partial charge is 0.350 e. The zero-order chi connectivity index (χ0) is 15.9. The number of benzene rings is 2. The van der Waals surface area contributed by atoms with Crippen LogP contribution in [0.5, 0.6) is 0 Å². The van der Waals surface area contributed by atoms with Gasteiger partial charge in [-0.05, 0) is 18.1 Å². The Hall–Kier alpha value is -2.43. The lowest BCUT2D eigenvalue weighted by atomic mass is 9.93. The van der Waals surface area contributed by atoms with Gasteiger partial charge >= 0.3 is 5.97 Å². The third kappa shape index (κ3) is 3.81. The van der Waals surface area contributed by atoms with Crippen molar-refractivity contribution in [2.75, 3.05) is 0 Å². The van der Waals surface area contributed by atoms with E-state index in [-0.39, 0.29) is 11.4 Å². The normalized spacial score (nSPS) is 11.1. The summed E-state index contributed by atoms with van der Waals surface area (Å²) in [6.07, 6.45) is 0. The van der Waals surface area contributed by atoms with Gasteiger partial charge in [0.1, 0.15) is 17.5 Å². The van der Waals surface area contributed by atoms with Crippen LogP contribution >= 0.6 is 9.24 Å². The minimum Gasteiger partial charge on any atom is -0.455 e. The Balaban J connectivity index is 2.64. The van der Waals surface area contributed by atoms with Gasteiger partial charge in [-0.1, -0.05) is 69.9 Å². The fourth-order valence-electron chi connectivity index (χ4n) is 2.10. The van der Waals surface area contributed by atoms with Crippen molar-refractivity contribution in [1.82, 2.24) is 0 Å². The largest absolute Gasteiger partial charge is 0.455 e. The lowest BCUT2D eigenvalue weighted by Crippen LogP contribution is -2.13. The molecule has 0 bridgehead atoms. The zero-order valence-electron chi connectivity index (χ0n) is 12.2. The second-order valence-corrected chi connectivity index (χ2v) is 5.64. The van der Waals surface area contributed by atoms with Gasteiger partial charge in [0.2, 0.25) is 0 Å². The Bertz CT molecular complexity index is 674. The predicted octanol–water partition coefficient (Wildman–Crippen LogP) is 3.78. The van der Waals surface area contributed by atoms with Crippen molar-refractivity contribution in [3.8, 4) is 6.07 Å². The van der Waals surface area contributed by atoms with Gasteiger partial charge in [0.05, 0.1) is 0 Å². The van der Waals surface area contributed by atoms with E-state index in [2.05, 4.69) is 9.24 Å². The van der Waals surface area contributed by atoms with Gasteiger partial charge in [0, 0.05) is 5.57 Å². The maximum absolute atomic E-state index is 12.3. The predicted molar refractivity (Wildman–Crippen MR) is 89.8 cm³/mol. The summed E-state index contributed by atoms with van der Waals surface area (Å²) in [5, 5.41) is 9.49. The highest BCUT2D eigenvalue weighted by atomic mass is 31.0. The number of carbonyl (C=O) groups is 1. The lowest BCUT2D eigenvalue weighted by molar-refractivity contribution is -0.139. The first kappa shape index (κ1) is 15.9. The van der Waals surface area contributed by atoms with Crippen molar-refractivity contribution in [2.45, 2.75) is 12.8 Å². The molecule has 0 heterocycles. The van der Waals surface area contributed by atoms with Crippen LogP contribution in [0.25, 0.3) is 5.57 Å². The first-order valence-corrected chi connectivity index (χ1v) is 7.52. The molecule has 0 radical (unpaired) electrons. The molecule has 0 saturated heterocycles. The fourth-order valence-corrected chi connectivity index (χ4v) is 2.22. The van der Waals surface area contributed by atoms with E-state index >= 15 is 0 Å². The molecule has 22 heavy (non-hydrogen) atoms. The molecular weight excluding hydrogens is 293 g/mol. The van der Waals surface area contributed by atoms with Gasteiger partial charge in [-0.3, -0.25) is 0 Å². The summed E-state index contributed by atoms with van der Waals surface area (Å²) in [6, 6.07) is 20.8. The standard InChI is InChI=1S/C18H16NO2P/c1-13(22)21-18(20)16(12-19)17(14-8-4-2-5-9-14)15-10-6-3-7-11-15/h2-11,13H,22H2,1H3. The summed E-state index contributed by atoms with van der Waals surface area (Å²) < 4.78 is 5.17. The van der Waals surface area contributed by atoms with Crippen LogP contribution in [-0.4, -0.2) is 11.8 Å². The zero-order valence-corrected chi connectivity index (χ0v) is 13.3. The number of ether oxygens (including phenoxy) is 1. The third-order valence-electron chi connectivity index (χ3n) is 2.98. The average Bonchev–Trinajstić information content (AvgIpc) is 2.53. The Kier molecular flexibility index (Phi) is 5.47. The molecule has 2 aromatic carbocycles. The number of hydrogen-bond acceptors (Lipinski definition) is 3. The molecule has 0 saturated carbocycles. The Morgan fingerprint density at radius 2 is 1.50 bits per heavy atom. The lowest BCUT2D eigenvalue weighted by Gasteiger charge is -2.13. The number of carbonyl (C=O) groups excluding carboxylic acids is 1. The highest BCUT2D eigenvalue weighted by Gasteiger charge is 2.20. The van der Waals surface area contributed by atoms with Crippen LogP contribution < -0.4 is 0 Å². The van der Waals surface area contributed by atoms with Crippen LogP contribution in [0.3, 0.4) is 0 Å². The topological polar surface area (TPSA) is 50.1 Å².